The number of carbonyl (C=O) groups is 1. The Morgan fingerprint density at radius 3 is 2.77 bits per heavy atom. The van der Waals surface area contributed by atoms with Crippen molar-refractivity contribution in [3.8, 4) is 0 Å². The van der Waals surface area contributed by atoms with E-state index in [1.165, 1.54) is 6.33 Å². The van der Waals surface area contributed by atoms with Gasteiger partial charge < -0.3 is 10.2 Å². The Morgan fingerprint density at radius 1 is 1.32 bits per heavy atom. The van der Waals surface area contributed by atoms with Crippen LogP contribution >= 0.6 is 0 Å². The van der Waals surface area contributed by atoms with E-state index in [-0.39, 0.29) is 12.5 Å². The van der Waals surface area contributed by atoms with Crippen LogP contribution in [0.4, 0.5) is 11.5 Å². The summed E-state index contributed by atoms with van der Waals surface area (Å²) in [6, 6.07) is 1.95. The maximum atomic E-state index is 12.3. The summed E-state index contributed by atoms with van der Waals surface area (Å²) in [6.45, 7) is 5.98. The van der Waals surface area contributed by atoms with Crippen LogP contribution < -0.4 is 10.2 Å². The molecule has 0 aromatic carbocycles. The second-order valence-electron chi connectivity index (χ2n) is 5.59. The predicted octanol–water partition coefficient (Wildman–Crippen LogP) is 1.53. The molecule has 3 heterocycles. The van der Waals surface area contributed by atoms with E-state index in [1.54, 1.807) is 10.9 Å². The molecule has 1 amide bonds. The monoisotopic (exact) mass is 300 g/mol. The number of amides is 1. The summed E-state index contributed by atoms with van der Waals surface area (Å²) in [5, 5.41) is 7.21. The highest BCUT2D eigenvalue weighted by molar-refractivity contribution is 5.93. The zero-order chi connectivity index (χ0) is 15.5. The Kier molecular flexibility index (Phi) is 4.04. The van der Waals surface area contributed by atoms with E-state index in [4.69, 9.17) is 0 Å². The third kappa shape index (κ3) is 3.08. The highest BCUT2D eigenvalue weighted by Crippen LogP contribution is 2.25. The summed E-state index contributed by atoms with van der Waals surface area (Å²) in [4.78, 5) is 22.8. The number of aryl methyl sites for hydroxylation is 2. The first-order valence-corrected chi connectivity index (χ1v) is 7.49. The summed E-state index contributed by atoms with van der Waals surface area (Å²) in [5.41, 5.74) is 2.54. The van der Waals surface area contributed by atoms with Crippen molar-refractivity contribution in [3.05, 3.63) is 30.0 Å². The molecule has 1 saturated heterocycles. The number of hydrogen-bond donors (Lipinski definition) is 1. The lowest BCUT2D eigenvalue weighted by Crippen LogP contribution is -2.24. The fourth-order valence-electron chi connectivity index (χ4n) is 2.75. The molecule has 3 rings (SSSR count). The van der Waals surface area contributed by atoms with Crippen molar-refractivity contribution >= 4 is 17.4 Å². The molecule has 1 N–H and O–H groups in total. The third-order valence-corrected chi connectivity index (χ3v) is 3.77. The molecule has 0 bridgehead atoms. The molecule has 2 aromatic heterocycles. The second-order valence-corrected chi connectivity index (χ2v) is 5.59. The topological polar surface area (TPSA) is 75.9 Å². The molecular weight excluding hydrogens is 280 g/mol. The number of rotatable bonds is 4. The smallest absolute Gasteiger partial charge is 0.246 e. The lowest BCUT2D eigenvalue weighted by Gasteiger charge is -2.19. The van der Waals surface area contributed by atoms with Gasteiger partial charge in [-0.2, -0.15) is 5.10 Å². The van der Waals surface area contributed by atoms with E-state index in [0.717, 1.165) is 43.1 Å². The Morgan fingerprint density at radius 2 is 2.09 bits per heavy atom. The maximum absolute atomic E-state index is 12.3. The number of aromatic nitrogens is 4. The first-order chi connectivity index (χ1) is 10.6. The predicted molar refractivity (Wildman–Crippen MR) is 83.8 cm³/mol. The van der Waals surface area contributed by atoms with Gasteiger partial charge in [-0.15, -0.1) is 0 Å². The lowest BCUT2D eigenvalue weighted by atomic mass is 10.4. The normalized spacial score (nSPS) is 14.4. The molecule has 0 saturated carbocycles. The fraction of sp³-hybridized carbons (Fsp3) is 0.467. The Hall–Kier alpha value is -2.44. The van der Waals surface area contributed by atoms with Crippen LogP contribution in [0.15, 0.2) is 18.6 Å². The van der Waals surface area contributed by atoms with Crippen LogP contribution in [0.5, 0.6) is 0 Å². The minimum absolute atomic E-state index is 0.124. The van der Waals surface area contributed by atoms with Crippen molar-refractivity contribution in [2.75, 3.05) is 23.3 Å². The van der Waals surface area contributed by atoms with Crippen LogP contribution in [-0.2, 0) is 11.3 Å². The average molecular weight is 300 g/mol. The number of nitrogens with one attached hydrogen (secondary N) is 1. The summed E-state index contributed by atoms with van der Waals surface area (Å²) < 4.78 is 1.70. The quantitative estimate of drug-likeness (QED) is 0.926. The minimum atomic E-state index is -0.124. The average Bonchev–Trinajstić information content (AvgIpc) is 3.10. The Balaban J connectivity index is 1.72. The van der Waals surface area contributed by atoms with Gasteiger partial charge in [0.1, 0.15) is 18.6 Å². The van der Waals surface area contributed by atoms with E-state index >= 15 is 0 Å². The number of nitrogens with zero attached hydrogens (tertiary/aromatic N) is 5. The molecule has 22 heavy (non-hydrogen) atoms. The zero-order valence-electron chi connectivity index (χ0n) is 12.9. The molecule has 116 valence electrons. The van der Waals surface area contributed by atoms with Gasteiger partial charge in [0.25, 0.3) is 0 Å². The standard InChI is InChI=1S/C15H20N6O/c1-11-7-12(2)21(19-11)9-14(22)18-13-8-16-10-17-15(13)20-5-3-4-6-20/h7-8,10H,3-6,9H2,1-2H3,(H,18,22). The first-order valence-electron chi connectivity index (χ1n) is 7.49. The SMILES string of the molecule is Cc1cc(C)n(CC(=O)Nc2cncnc2N2CCCC2)n1. The maximum Gasteiger partial charge on any atom is 0.246 e. The van der Waals surface area contributed by atoms with Crippen LogP contribution in [-0.4, -0.2) is 38.7 Å². The Bertz CT molecular complexity index is 674. The van der Waals surface area contributed by atoms with Crippen molar-refractivity contribution in [3.63, 3.8) is 0 Å². The van der Waals surface area contributed by atoms with Crippen LogP contribution in [0.3, 0.4) is 0 Å². The molecule has 0 aliphatic carbocycles. The van der Waals surface area contributed by atoms with Crippen molar-refractivity contribution in [1.29, 1.82) is 0 Å². The van der Waals surface area contributed by atoms with E-state index in [2.05, 4.69) is 25.3 Å². The Labute approximate surface area is 129 Å². The van der Waals surface area contributed by atoms with E-state index in [0.29, 0.717) is 5.69 Å². The largest absolute Gasteiger partial charge is 0.355 e. The molecule has 0 radical (unpaired) electrons. The van der Waals surface area contributed by atoms with Crippen LogP contribution in [0.1, 0.15) is 24.2 Å². The molecule has 0 unspecified atom stereocenters. The van der Waals surface area contributed by atoms with Gasteiger partial charge in [-0.3, -0.25) is 9.48 Å². The highest BCUT2D eigenvalue weighted by atomic mass is 16.2. The van der Waals surface area contributed by atoms with Gasteiger partial charge in [-0.1, -0.05) is 0 Å². The van der Waals surface area contributed by atoms with Crippen molar-refractivity contribution < 1.29 is 4.79 Å². The van der Waals surface area contributed by atoms with Crippen molar-refractivity contribution in [1.82, 2.24) is 19.7 Å². The van der Waals surface area contributed by atoms with Gasteiger partial charge in [-0.05, 0) is 32.8 Å². The molecule has 0 atom stereocenters. The molecule has 7 heteroatoms. The summed E-state index contributed by atoms with van der Waals surface area (Å²) >= 11 is 0. The van der Waals surface area contributed by atoms with Gasteiger partial charge >= 0.3 is 0 Å². The summed E-state index contributed by atoms with van der Waals surface area (Å²) in [6.07, 6.45) is 5.48. The molecule has 1 fully saturated rings. The van der Waals surface area contributed by atoms with Gasteiger partial charge in [0.15, 0.2) is 5.82 Å². The number of hydrogen-bond acceptors (Lipinski definition) is 5. The van der Waals surface area contributed by atoms with Crippen LogP contribution in [0, 0.1) is 13.8 Å². The van der Waals surface area contributed by atoms with Crippen molar-refractivity contribution in [2.45, 2.75) is 33.2 Å². The summed E-state index contributed by atoms with van der Waals surface area (Å²) in [7, 11) is 0. The lowest BCUT2D eigenvalue weighted by molar-refractivity contribution is -0.116. The van der Waals surface area contributed by atoms with Crippen molar-refractivity contribution in [2.24, 2.45) is 0 Å². The van der Waals surface area contributed by atoms with Crippen LogP contribution in [0.25, 0.3) is 0 Å². The zero-order valence-corrected chi connectivity index (χ0v) is 12.9. The molecule has 0 spiro atoms. The van der Waals surface area contributed by atoms with Gasteiger partial charge in [0, 0.05) is 18.8 Å². The van der Waals surface area contributed by atoms with Crippen LogP contribution in [0.2, 0.25) is 0 Å². The minimum Gasteiger partial charge on any atom is -0.355 e. The first kappa shape index (κ1) is 14.5. The number of carbonyl (C=O) groups excluding carboxylic acids is 1. The van der Waals surface area contributed by atoms with E-state index in [1.807, 2.05) is 19.9 Å². The molecule has 2 aromatic rings. The summed E-state index contributed by atoms with van der Waals surface area (Å²) in [5.74, 6) is 0.677. The van der Waals surface area contributed by atoms with Gasteiger partial charge in [0.05, 0.1) is 11.9 Å². The second kappa shape index (κ2) is 6.13. The fourth-order valence-corrected chi connectivity index (χ4v) is 2.75. The van der Waals surface area contributed by atoms with Gasteiger partial charge in [-0.25, -0.2) is 9.97 Å². The molecule has 1 aliphatic heterocycles. The number of anilines is 2. The molecule has 1 aliphatic rings. The highest BCUT2D eigenvalue weighted by Gasteiger charge is 2.18. The third-order valence-electron chi connectivity index (χ3n) is 3.77. The molecular formula is C15H20N6O. The van der Waals surface area contributed by atoms with Gasteiger partial charge in [0.2, 0.25) is 5.91 Å². The van der Waals surface area contributed by atoms with E-state index in [9.17, 15) is 4.79 Å². The molecule has 7 nitrogen and oxygen atoms in total. The van der Waals surface area contributed by atoms with E-state index < -0.39 is 0 Å².